The Bertz CT molecular complexity index is 911. The number of hydrogen-bond donors (Lipinski definition) is 0. The molecule has 0 N–H and O–H groups in total. The predicted octanol–water partition coefficient (Wildman–Crippen LogP) is 4.73. The van der Waals surface area contributed by atoms with E-state index in [0.717, 1.165) is 11.1 Å². The van der Waals surface area contributed by atoms with Gasteiger partial charge in [-0.05, 0) is 55.8 Å². The Morgan fingerprint density at radius 2 is 2.00 bits per heavy atom. The zero-order chi connectivity index (χ0) is 17.3. The minimum absolute atomic E-state index is 0.224. The van der Waals surface area contributed by atoms with Gasteiger partial charge in [-0.1, -0.05) is 0 Å². The van der Waals surface area contributed by atoms with Gasteiger partial charge in [-0.3, -0.25) is 0 Å². The quantitative estimate of drug-likeness (QED) is 0.650. The van der Waals surface area contributed by atoms with Crippen LogP contribution in [0.2, 0.25) is 0 Å². The lowest BCUT2D eigenvalue weighted by atomic mass is 10.0. The zero-order valence-electron chi connectivity index (χ0n) is 13.7. The van der Waals surface area contributed by atoms with Crippen molar-refractivity contribution in [2.24, 2.45) is 0 Å². The first-order valence-corrected chi connectivity index (χ1v) is 7.59. The van der Waals surface area contributed by atoms with Crippen LogP contribution in [0.15, 0.2) is 40.8 Å². The molecule has 0 amide bonds. The Hall–Kier alpha value is -2.82. The van der Waals surface area contributed by atoms with Crippen molar-refractivity contribution in [2.45, 2.75) is 13.8 Å². The van der Waals surface area contributed by atoms with E-state index >= 15 is 0 Å². The lowest BCUT2D eigenvalue weighted by Crippen LogP contribution is -2.05. The summed E-state index contributed by atoms with van der Waals surface area (Å²) in [7, 11) is 1.59. The summed E-state index contributed by atoms with van der Waals surface area (Å²) >= 11 is 0. The summed E-state index contributed by atoms with van der Waals surface area (Å²) in [5.74, 6) is 0.101. The van der Waals surface area contributed by atoms with Gasteiger partial charge in [0, 0.05) is 10.9 Å². The van der Waals surface area contributed by atoms with Gasteiger partial charge in [-0.2, -0.15) is 0 Å². The summed E-state index contributed by atoms with van der Waals surface area (Å²) in [5.41, 5.74) is 2.28. The number of aryl methyl sites for hydroxylation is 1. The molecule has 3 aromatic rings. The summed E-state index contributed by atoms with van der Waals surface area (Å²) < 4.78 is 29.8. The Balaban J connectivity index is 2.27. The molecule has 24 heavy (non-hydrogen) atoms. The Morgan fingerprint density at radius 1 is 1.21 bits per heavy atom. The lowest BCUT2D eigenvalue weighted by molar-refractivity contribution is 0.0529. The molecule has 1 heterocycles. The number of halogens is 1. The summed E-state index contributed by atoms with van der Waals surface area (Å²) in [6.45, 7) is 3.83. The van der Waals surface area contributed by atoms with Gasteiger partial charge in [0.2, 0.25) is 0 Å². The highest BCUT2D eigenvalue weighted by Gasteiger charge is 2.24. The van der Waals surface area contributed by atoms with Crippen molar-refractivity contribution >= 4 is 16.9 Å². The van der Waals surface area contributed by atoms with Crippen LogP contribution < -0.4 is 4.74 Å². The molecule has 2 aromatic carbocycles. The Labute approximate surface area is 138 Å². The third-order valence-electron chi connectivity index (χ3n) is 3.81. The molecule has 0 fully saturated rings. The molecular weight excluding hydrogens is 311 g/mol. The maximum absolute atomic E-state index is 13.6. The van der Waals surface area contributed by atoms with Crippen LogP contribution in [0.3, 0.4) is 0 Å². The highest BCUT2D eigenvalue weighted by molar-refractivity contribution is 6.09. The molecule has 0 spiro atoms. The number of rotatable bonds is 4. The lowest BCUT2D eigenvalue weighted by Gasteiger charge is -2.08. The zero-order valence-corrected chi connectivity index (χ0v) is 13.7. The van der Waals surface area contributed by atoms with Gasteiger partial charge >= 0.3 is 5.97 Å². The second-order valence-electron chi connectivity index (χ2n) is 5.35. The first kappa shape index (κ1) is 16.1. The number of methoxy groups -OCH3 is 1. The Morgan fingerprint density at radius 3 is 2.67 bits per heavy atom. The fraction of sp³-hybridized carbons (Fsp3) is 0.211. The van der Waals surface area contributed by atoms with Crippen LogP contribution >= 0.6 is 0 Å². The van der Waals surface area contributed by atoms with E-state index in [1.165, 1.54) is 18.2 Å². The van der Waals surface area contributed by atoms with Crippen molar-refractivity contribution in [1.82, 2.24) is 0 Å². The molecule has 0 radical (unpaired) electrons. The van der Waals surface area contributed by atoms with Crippen LogP contribution in [0.25, 0.3) is 22.3 Å². The molecule has 0 atom stereocenters. The molecule has 0 aliphatic carbocycles. The van der Waals surface area contributed by atoms with Crippen LogP contribution in [0.5, 0.6) is 5.75 Å². The molecule has 3 rings (SSSR count). The minimum Gasteiger partial charge on any atom is -0.497 e. The predicted molar refractivity (Wildman–Crippen MR) is 88.9 cm³/mol. The highest BCUT2D eigenvalue weighted by Crippen LogP contribution is 2.37. The summed E-state index contributed by atoms with van der Waals surface area (Å²) in [6.07, 6.45) is 0. The number of carbonyl (C=O) groups excluding carboxylic acids is 1. The van der Waals surface area contributed by atoms with Crippen LogP contribution in [-0.4, -0.2) is 19.7 Å². The monoisotopic (exact) mass is 328 g/mol. The number of furan rings is 1. The normalized spacial score (nSPS) is 10.8. The molecule has 0 saturated heterocycles. The van der Waals surface area contributed by atoms with E-state index in [4.69, 9.17) is 13.9 Å². The standard InChI is InChI=1S/C19H17FO4/c1-4-23-19(21)17-15-10-12(20)5-8-16(15)24-18(17)14-7-6-13(22-3)9-11(14)2/h5-10H,4H2,1-3H3. The molecule has 124 valence electrons. The van der Waals surface area contributed by atoms with Crippen molar-refractivity contribution < 1.29 is 23.1 Å². The van der Waals surface area contributed by atoms with Crippen LogP contribution in [0.1, 0.15) is 22.8 Å². The van der Waals surface area contributed by atoms with E-state index in [-0.39, 0.29) is 12.2 Å². The van der Waals surface area contributed by atoms with Gasteiger partial charge in [0.1, 0.15) is 28.5 Å². The topological polar surface area (TPSA) is 48.7 Å². The molecule has 0 aliphatic rings. The van der Waals surface area contributed by atoms with Crippen molar-refractivity contribution in [2.75, 3.05) is 13.7 Å². The number of fused-ring (bicyclic) bond motifs is 1. The van der Waals surface area contributed by atoms with Crippen molar-refractivity contribution in [3.63, 3.8) is 0 Å². The van der Waals surface area contributed by atoms with Gasteiger partial charge in [0.25, 0.3) is 0 Å². The molecule has 0 aliphatic heterocycles. The molecule has 1 aromatic heterocycles. The first-order valence-electron chi connectivity index (χ1n) is 7.59. The van der Waals surface area contributed by atoms with Gasteiger partial charge in [-0.25, -0.2) is 9.18 Å². The second-order valence-corrected chi connectivity index (χ2v) is 5.35. The summed E-state index contributed by atoms with van der Waals surface area (Å²) in [4.78, 5) is 12.4. The highest BCUT2D eigenvalue weighted by atomic mass is 19.1. The van der Waals surface area contributed by atoms with Crippen molar-refractivity contribution in [1.29, 1.82) is 0 Å². The minimum atomic E-state index is -0.535. The largest absolute Gasteiger partial charge is 0.497 e. The van der Waals surface area contributed by atoms with Crippen LogP contribution in [0.4, 0.5) is 4.39 Å². The smallest absolute Gasteiger partial charge is 0.342 e. The third kappa shape index (κ3) is 2.73. The van der Waals surface area contributed by atoms with Crippen LogP contribution in [-0.2, 0) is 4.74 Å². The average Bonchev–Trinajstić information content (AvgIpc) is 2.93. The fourth-order valence-corrected chi connectivity index (χ4v) is 2.68. The molecular formula is C19H17FO4. The molecule has 0 bridgehead atoms. The molecule has 5 heteroatoms. The molecule has 0 unspecified atom stereocenters. The maximum atomic E-state index is 13.6. The number of ether oxygens (including phenoxy) is 2. The van der Waals surface area contributed by atoms with E-state index in [0.29, 0.717) is 22.5 Å². The Kier molecular flexibility index (Phi) is 4.25. The third-order valence-corrected chi connectivity index (χ3v) is 3.81. The average molecular weight is 328 g/mol. The first-order chi connectivity index (χ1) is 11.5. The molecule has 4 nitrogen and oxygen atoms in total. The number of hydrogen-bond acceptors (Lipinski definition) is 4. The summed E-state index contributed by atoms with van der Waals surface area (Å²) in [6, 6.07) is 9.53. The van der Waals surface area contributed by atoms with Gasteiger partial charge in [0.15, 0.2) is 0 Å². The number of carbonyl (C=O) groups is 1. The van der Waals surface area contributed by atoms with Gasteiger partial charge in [0.05, 0.1) is 13.7 Å². The van der Waals surface area contributed by atoms with Gasteiger partial charge < -0.3 is 13.9 Å². The number of esters is 1. The fourth-order valence-electron chi connectivity index (χ4n) is 2.68. The van der Waals surface area contributed by atoms with E-state index in [9.17, 15) is 9.18 Å². The maximum Gasteiger partial charge on any atom is 0.342 e. The van der Waals surface area contributed by atoms with Crippen molar-refractivity contribution in [3.8, 4) is 17.1 Å². The van der Waals surface area contributed by atoms with E-state index in [1.54, 1.807) is 20.1 Å². The second kappa shape index (κ2) is 6.35. The van der Waals surface area contributed by atoms with E-state index < -0.39 is 11.8 Å². The van der Waals surface area contributed by atoms with Gasteiger partial charge in [-0.15, -0.1) is 0 Å². The van der Waals surface area contributed by atoms with E-state index in [2.05, 4.69) is 0 Å². The molecule has 0 saturated carbocycles. The SMILES string of the molecule is CCOC(=O)c1c(-c2ccc(OC)cc2C)oc2ccc(F)cc12. The van der Waals surface area contributed by atoms with Crippen molar-refractivity contribution in [3.05, 3.63) is 53.3 Å². The van der Waals surface area contributed by atoms with E-state index in [1.807, 2.05) is 19.1 Å². The summed E-state index contributed by atoms with van der Waals surface area (Å²) in [5, 5.41) is 0.402. The number of benzene rings is 2. The van der Waals surface area contributed by atoms with Crippen LogP contribution in [0, 0.1) is 12.7 Å².